The molecule has 5 aromatic heterocycles. The summed E-state index contributed by atoms with van der Waals surface area (Å²) in [7, 11) is 1.64. The molecule has 8 heterocycles. The van der Waals surface area contributed by atoms with Crippen molar-refractivity contribution >= 4 is 75.5 Å². The second-order valence-electron chi connectivity index (χ2n) is 27.9. The van der Waals surface area contributed by atoms with Crippen LogP contribution in [0.1, 0.15) is 58.3 Å². The molecule has 0 unspecified atom stereocenters. The lowest BCUT2D eigenvalue weighted by Crippen LogP contribution is -2.36. The third kappa shape index (κ3) is 24.2. The average molecular weight is 1720 g/mol. The first kappa shape index (κ1) is 88.9. The van der Waals surface area contributed by atoms with Crippen molar-refractivity contribution in [1.82, 2.24) is 44.0 Å². The molecule has 2 amide bonds. The summed E-state index contributed by atoms with van der Waals surface area (Å²) in [6.45, 7) is 19.8. The van der Waals surface area contributed by atoms with Gasteiger partial charge in [-0.05, 0) is 104 Å². The molecule has 3 fully saturated rings. The van der Waals surface area contributed by atoms with Crippen molar-refractivity contribution in [2.45, 2.75) is 59.4 Å². The quantitative estimate of drug-likeness (QED) is 0.0584. The molecular formula is C95H85F3N14O5S5. The van der Waals surface area contributed by atoms with Gasteiger partial charge in [-0.25, -0.2) is 19.9 Å². The lowest BCUT2D eigenvalue weighted by atomic mass is 9.98. The summed E-state index contributed by atoms with van der Waals surface area (Å²) in [5.74, 6) is 2.92. The van der Waals surface area contributed by atoms with Crippen LogP contribution in [0.3, 0.4) is 0 Å². The zero-order valence-corrected chi connectivity index (χ0v) is 71.4. The Kier molecular flexibility index (Phi) is 32.2. The van der Waals surface area contributed by atoms with Crippen LogP contribution in [0, 0.1) is 59.2 Å². The van der Waals surface area contributed by atoms with Gasteiger partial charge in [0.05, 0.1) is 89.9 Å². The van der Waals surface area contributed by atoms with Crippen molar-refractivity contribution in [1.29, 1.82) is 21.0 Å². The lowest BCUT2D eigenvalue weighted by Gasteiger charge is -2.30. The van der Waals surface area contributed by atoms with Gasteiger partial charge in [-0.15, -0.1) is 0 Å². The smallest absolute Gasteiger partial charge is 0.416 e. The van der Waals surface area contributed by atoms with Crippen LogP contribution in [0.2, 0.25) is 0 Å². The minimum atomic E-state index is -4.43. The molecule has 0 bridgehead atoms. The molecule has 3 aliphatic heterocycles. The standard InChI is InChI=1S/C26H22F3N3OS.C26H25N3O2S.C25H23N3OS.C18H15N5OS2/c1-18(32-11-13-33-14-12-32)17-34-25-23(16-30)22(15-24(31-25)20-5-3-2-4-6-20)19-7-9-21(10-8-19)26(27,28)29;1-19(29-12-14-31-15-13-29)18-32-26-24(17-27)23(20-8-10-22(30-2)11-9-20)16-25(28-26)21-6-4-3-5-7-21;26-17-22-21(19-10-4-1-5-11-19)16-23(20-12-6-2-7-13-20)27-25(22)30-18-24(29)28-14-8-3-9-15-28;1-11-8-12(2)20-17(14(11)9-19)25-10-15(24)21-18-22-16(23-26-18)13-6-4-3-5-7-13/h2-10,15H,1,11-14,17H2;3-11,16H,1,12-15,18H2,2H3;1-2,4-7,10-13,16H,3,8-9,14-15,18H2;3-8H,10H2,1-2H3,(H,21,22,23,24). The van der Waals surface area contributed by atoms with Gasteiger partial charge in [0.15, 0.2) is 5.82 Å². The number of thioether (sulfide) groups is 4. The third-order valence-electron chi connectivity index (χ3n) is 19.7. The Labute approximate surface area is 729 Å². The minimum absolute atomic E-state index is 0.122. The maximum absolute atomic E-state index is 13.1. The van der Waals surface area contributed by atoms with Gasteiger partial charge < -0.3 is 28.9 Å². The van der Waals surface area contributed by atoms with Crippen LogP contribution in [-0.4, -0.2) is 152 Å². The highest BCUT2D eigenvalue weighted by atomic mass is 32.2. The Morgan fingerprint density at radius 2 is 0.836 bits per heavy atom. The number of ether oxygens (including phenoxy) is 3. The maximum atomic E-state index is 13.1. The molecule has 7 aromatic carbocycles. The maximum Gasteiger partial charge on any atom is 0.416 e. The first-order valence-electron chi connectivity index (χ1n) is 39.1. The Morgan fingerprint density at radius 3 is 1.25 bits per heavy atom. The highest BCUT2D eigenvalue weighted by Crippen LogP contribution is 2.41. The minimum Gasteiger partial charge on any atom is -0.497 e. The van der Waals surface area contributed by atoms with E-state index in [1.165, 1.54) is 53.8 Å². The summed E-state index contributed by atoms with van der Waals surface area (Å²) in [6, 6.07) is 78.3. The van der Waals surface area contributed by atoms with Gasteiger partial charge in [-0.3, -0.25) is 14.9 Å². The van der Waals surface area contributed by atoms with E-state index in [0.29, 0.717) is 101 Å². The molecule has 0 atom stereocenters. The number of morpholine rings is 2. The van der Waals surface area contributed by atoms with Crippen molar-refractivity contribution < 1.29 is 37.0 Å². The first-order valence-corrected chi connectivity index (χ1v) is 43.9. The third-order valence-corrected chi connectivity index (χ3v) is 24.3. The van der Waals surface area contributed by atoms with Crippen molar-refractivity contribution in [3.8, 4) is 109 Å². The van der Waals surface area contributed by atoms with Gasteiger partial charge in [0.1, 0.15) is 50.1 Å². The van der Waals surface area contributed by atoms with Crippen LogP contribution in [-0.2, 0) is 25.2 Å². The molecule has 3 aliphatic rings. The second kappa shape index (κ2) is 44.2. The fourth-order valence-electron chi connectivity index (χ4n) is 13.3. The zero-order chi connectivity index (χ0) is 85.7. The molecule has 616 valence electrons. The van der Waals surface area contributed by atoms with Gasteiger partial charge in [-0.1, -0.05) is 236 Å². The number of methoxy groups -OCH3 is 1. The number of carbonyl (C=O) groups is 2. The lowest BCUT2D eigenvalue weighted by molar-refractivity contribution is -0.137. The highest BCUT2D eigenvalue weighted by molar-refractivity contribution is 8.00. The van der Waals surface area contributed by atoms with E-state index in [1.807, 2.05) is 213 Å². The number of amides is 2. The molecule has 19 nitrogen and oxygen atoms in total. The van der Waals surface area contributed by atoms with Crippen LogP contribution >= 0.6 is 58.6 Å². The monoisotopic (exact) mass is 1720 g/mol. The number of hydrogen-bond acceptors (Lipinski definition) is 22. The summed E-state index contributed by atoms with van der Waals surface area (Å²) < 4.78 is 59.6. The summed E-state index contributed by atoms with van der Waals surface area (Å²) in [4.78, 5) is 54.3. The van der Waals surface area contributed by atoms with Crippen LogP contribution in [0.15, 0.2) is 269 Å². The Bertz CT molecular complexity index is 5780. The summed E-state index contributed by atoms with van der Waals surface area (Å²) in [5.41, 5.74) is 15.6. The van der Waals surface area contributed by atoms with Gasteiger partial charge in [0, 0.05) is 118 Å². The zero-order valence-electron chi connectivity index (χ0n) is 67.3. The number of hydrogen-bond donors (Lipinski definition) is 1. The Morgan fingerprint density at radius 1 is 0.459 bits per heavy atom. The predicted molar refractivity (Wildman–Crippen MR) is 480 cm³/mol. The molecule has 0 saturated carbocycles. The Balaban J connectivity index is 0.000000149. The van der Waals surface area contributed by atoms with E-state index in [9.17, 15) is 43.8 Å². The van der Waals surface area contributed by atoms with Crippen molar-refractivity contribution in [3.05, 3.63) is 288 Å². The number of aryl methyl sites for hydroxylation is 2. The highest BCUT2D eigenvalue weighted by Gasteiger charge is 2.31. The van der Waals surface area contributed by atoms with Gasteiger partial charge in [-0.2, -0.15) is 43.6 Å². The van der Waals surface area contributed by atoms with E-state index in [-0.39, 0.29) is 17.6 Å². The number of nitriles is 4. The Hall–Kier alpha value is -12.4. The molecule has 0 radical (unpaired) electrons. The average Bonchev–Trinajstić information content (AvgIpc) is 0.923. The van der Waals surface area contributed by atoms with E-state index < -0.39 is 11.7 Å². The van der Waals surface area contributed by atoms with Gasteiger partial charge in [0.25, 0.3) is 0 Å². The van der Waals surface area contributed by atoms with Gasteiger partial charge in [0.2, 0.25) is 16.9 Å². The number of aromatic nitrogens is 6. The number of likely N-dealkylation sites (tertiary alicyclic amines) is 1. The van der Waals surface area contributed by atoms with Gasteiger partial charge >= 0.3 is 6.18 Å². The van der Waals surface area contributed by atoms with Crippen LogP contribution < -0.4 is 10.1 Å². The number of piperidine rings is 1. The number of benzene rings is 7. The second-order valence-corrected chi connectivity index (χ2v) is 32.6. The fourth-order valence-corrected chi connectivity index (χ4v) is 17.6. The van der Waals surface area contributed by atoms with E-state index >= 15 is 0 Å². The molecular weight excluding hydrogens is 1630 g/mol. The molecule has 12 aromatic rings. The number of nitrogens with zero attached hydrogens (tertiary/aromatic N) is 13. The van der Waals surface area contributed by atoms with Crippen molar-refractivity contribution in [3.63, 3.8) is 0 Å². The SMILES string of the molecule is C=C(CSc1nc(-c2ccccc2)cc(-c2ccc(C(F)(F)F)cc2)c1C#N)N1CCOCC1.C=C(CSc1nc(-c2ccccc2)cc(-c2ccc(OC)cc2)c1C#N)N1CCOCC1.Cc1cc(C)c(C#N)c(SCC(=O)Nc2nc(-c3ccccc3)ns2)n1.N#Cc1c(-c2ccccc2)cc(-c2ccccc2)nc1SCC(=O)N1CCCCC1. The summed E-state index contributed by atoms with van der Waals surface area (Å²) >= 11 is 6.71. The number of nitrogens with one attached hydrogen (secondary N) is 1. The van der Waals surface area contributed by atoms with Crippen molar-refractivity contribution in [2.75, 3.05) is 101 Å². The molecule has 122 heavy (non-hydrogen) atoms. The largest absolute Gasteiger partial charge is 0.497 e. The number of carbonyl (C=O) groups excluding carboxylic acids is 2. The summed E-state index contributed by atoms with van der Waals surface area (Å²) in [5, 5.41) is 44.9. The molecule has 0 spiro atoms. The fraction of sp³-hybridized carbons (Fsp3) is 0.221. The van der Waals surface area contributed by atoms with E-state index in [2.05, 4.69) is 66.9 Å². The van der Waals surface area contributed by atoms with Crippen LogP contribution in [0.25, 0.3) is 78.5 Å². The molecule has 27 heteroatoms. The van der Waals surface area contributed by atoms with E-state index in [1.54, 1.807) is 24.9 Å². The molecule has 1 N–H and O–H groups in total. The number of halogens is 3. The van der Waals surface area contributed by atoms with E-state index in [0.717, 1.165) is 173 Å². The van der Waals surface area contributed by atoms with Crippen LogP contribution in [0.5, 0.6) is 5.75 Å². The predicted octanol–water partition coefficient (Wildman–Crippen LogP) is 20.7. The topological polar surface area (TPSA) is 256 Å². The number of rotatable bonds is 23. The normalized spacial score (nSPS) is 13.0. The van der Waals surface area contributed by atoms with E-state index in [4.69, 9.17) is 29.2 Å². The number of anilines is 1. The van der Waals surface area contributed by atoms with Crippen LogP contribution in [0.4, 0.5) is 18.3 Å². The number of pyridine rings is 4. The molecule has 15 rings (SSSR count). The molecule has 3 saturated heterocycles. The first-order chi connectivity index (χ1) is 59.4. The molecule has 0 aliphatic carbocycles. The number of alkyl halides is 3. The van der Waals surface area contributed by atoms with Crippen molar-refractivity contribution in [2.24, 2.45) is 0 Å². The summed E-state index contributed by atoms with van der Waals surface area (Å²) in [6.07, 6.45) is -1.10.